The van der Waals surface area contributed by atoms with Gasteiger partial charge in [-0.1, -0.05) is 118 Å². The number of hydrogen-bond donors (Lipinski definition) is 0. The summed E-state index contributed by atoms with van der Waals surface area (Å²) in [5, 5.41) is 0. The number of hydrogen-bond acceptors (Lipinski definition) is 0. The zero-order chi connectivity index (χ0) is 16.0. The van der Waals surface area contributed by atoms with Gasteiger partial charge in [-0.3, -0.25) is 0 Å². The van der Waals surface area contributed by atoms with Crippen LogP contribution >= 0.6 is 22.8 Å². The summed E-state index contributed by atoms with van der Waals surface area (Å²) in [4.78, 5) is 0. The number of allylic oxidation sites excluding steroid dienone is 1. The summed E-state index contributed by atoms with van der Waals surface area (Å²) in [6, 6.07) is 32.1. The van der Waals surface area contributed by atoms with Gasteiger partial charge in [0.2, 0.25) is 0 Å². The lowest BCUT2D eigenvalue weighted by Gasteiger charge is -2.33. The molecule has 0 nitrogen and oxygen atoms in total. The normalized spacial score (nSPS) is 12.2. The average molecular weight is 381 g/mol. The lowest BCUT2D eigenvalue weighted by atomic mass is 9.69. The van der Waals surface area contributed by atoms with Gasteiger partial charge in [-0.2, -0.15) is 0 Å². The van der Waals surface area contributed by atoms with Crippen LogP contribution in [0.15, 0.2) is 103 Å². The Balaban J connectivity index is 2.33. The van der Waals surface area contributed by atoms with Gasteiger partial charge in [-0.05, 0) is 24.0 Å². The van der Waals surface area contributed by atoms with Crippen LogP contribution in [0.1, 0.15) is 16.7 Å². The molecule has 3 rings (SSSR count). The lowest BCUT2D eigenvalue weighted by Crippen LogP contribution is -2.26. The monoisotopic (exact) mass is 380 g/mol. The molecule has 0 fully saturated rings. The van der Waals surface area contributed by atoms with E-state index in [0.29, 0.717) is 7.28 Å². The van der Waals surface area contributed by atoms with Crippen molar-refractivity contribution in [1.82, 2.24) is 0 Å². The highest BCUT2D eigenvalue weighted by Gasteiger charge is 2.33. The summed E-state index contributed by atoms with van der Waals surface area (Å²) in [7, 11) is 0.598. The SMILES string of the molecule is BrPC=CC(c1ccccc1)(c1ccccc1)c1ccccc1. The van der Waals surface area contributed by atoms with Crippen LogP contribution in [0.5, 0.6) is 0 Å². The Bertz CT molecular complexity index is 655. The van der Waals surface area contributed by atoms with Crippen molar-refractivity contribution in [1.29, 1.82) is 0 Å². The van der Waals surface area contributed by atoms with Crippen molar-refractivity contribution in [3.05, 3.63) is 120 Å². The van der Waals surface area contributed by atoms with Crippen LogP contribution < -0.4 is 0 Å². The molecule has 2 heteroatoms. The molecule has 3 aromatic rings. The van der Waals surface area contributed by atoms with E-state index in [-0.39, 0.29) is 5.41 Å². The van der Waals surface area contributed by atoms with Gasteiger partial charge in [-0.15, -0.1) is 0 Å². The Hall–Kier alpha value is -1.69. The van der Waals surface area contributed by atoms with Crippen molar-refractivity contribution in [2.75, 3.05) is 0 Å². The van der Waals surface area contributed by atoms with Crippen LogP contribution in [0, 0.1) is 0 Å². The smallest absolute Gasteiger partial charge is 0.0635 e. The van der Waals surface area contributed by atoms with E-state index in [4.69, 9.17) is 0 Å². The fourth-order valence-electron chi connectivity index (χ4n) is 3.05. The number of benzene rings is 3. The first-order chi connectivity index (χ1) is 11.4. The van der Waals surface area contributed by atoms with E-state index in [1.165, 1.54) is 16.7 Å². The highest BCUT2D eigenvalue weighted by Crippen LogP contribution is 2.41. The summed E-state index contributed by atoms with van der Waals surface area (Å²) in [6.45, 7) is 0. The summed E-state index contributed by atoms with van der Waals surface area (Å²) in [5.74, 6) is 2.22. The van der Waals surface area contributed by atoms with Crippen LogP contribution in [0.25, 0.3) is 0 Å². The predicted molar refractivity (Wildman–Crippen MR) is 106 cm³/mol. The molecule has 0 aliphatic rings. The third-order valence-electron chi connectivity index (χ3n) is 4.08. The number of halogens is 1. The Morgan fingerprint density at radius 3 is 1.26 bits per heavy atom. The summed E-state index contributed by atoms with van der Waals surface area (Å²) in [5.41, 5.74) is 3.56. The molecule has 0 amide bonds. The van der Waals surface area contributed by atoms with Crippen LogP contribution in [-0.2, 0) is 5.41 Å². The molecule has 0 aromatic heterocycles. The molecule has 0 radical (unpaired) electrons. The third kappa shape index (κ3) is 3.32. The Labute approximate surface area is 147 Å². The van der Waals surface area contributed by atoms with E-state index in [2.05, 4.69) is 118 Å². The largest absolute Gasteiger partial charge is 0.0642 e. The van der Waals surface area contributed by atoms with E-state index < -0.39 is 0 Å². The van der Waals surface area contributed by atoms with E-state index in [1.54, 1.807) is 0 Å². The van der Waals surface area contributed by atoms with E-state index in [1.807, 2.05) is 0 Å². The molecule has 23 heavy (non-hydrogen) atoms. The fraction of sp³-hybridized carbons (Fsp3) is 0.0476. The summed E-state index contributed by atoms with van der Waals surface area (Å²) in [6.07, 6.45) is 2.32. The van der Waals surface area contributed by atoms with Crippen LogP contribution in [0.3, 0.4) is 0 Å². The van der Waals surface area contributed by atoms with Crippen molar-refractivity contribution >= 4 is 22.8 Å². The Kier molecular flexibility index (Phi) is 5.43. The molecule has 0 bridgehead atoms. The molecule has 0 heterocycles. The molecule has 114 valence electrons. The topological polar surface area (TPSA) is 0 Å². The Morgan fingerprint density at radius 1 is 0.609 bits per heavy atom. The van der Waals surface area contributed by atoms with Gasteiger partial charge < -0.3 is 0 Å². The van der Waals surface area contributed by atoms with Crippen LogP contribution in [0.4, 0.5) is 0 Å². The second kappa shape index (κ2) is 7.73. The second-order valence-corrected chi connectivity index (χ2v) is 7.27. The molecule has 0 saturated heterocycles. The molecule has 0 aliphatic heterocycles. The molecule has 3 aromatic carbocycles. The van der Waals surface area contributed by atoms with Gasteiger partial charge in [0.15, 0.2) is 0 Å². The molecule has 0 N–H and O–H groups in total. The lowest BCUT2D eigenvalue weighted by molar-refractivity contribution is 0.780. The maximum atomic E-state index is 3.56. The zero-order valence-corrected chi connectivity index (χ0v) is 15.3. The van der Waals surface area contributed by atoms with Crippen molar-refractivity contribution in [3.63, 3.8) is 0 Å². The molecule has 0 aliphatic carbocycles. The van der Waals surface area contributed by atoms with Gasteiger partial charge in [-0.25, -0.2) is 0 Å². The molecule has 1 unspecified atom stereocenters. The van der Waals surface area contributed by atoms with Gasteiger partial charge in [0.1, 0.15) is 0 Å². The highest BCUT2D eigenvalue weighted by molar-refractivity contribution is 9.37. The first-order valence-electron chi connectivity index (χ1n) is 7.58. The van der Waals surface area contributed by atoms with Gasteiger partial charge in [0, 0.05) is 0 Å². The quantitative estimate of drug-likeness (QED) is 0.349. The molecular weight excluding hydrogens is 363 g/mol. The molecule has 0 saturated carbocycles. The van der Waals surface area contributed by atoms with E-state index in [9.17, 15) is 0 Å². The minimum atomic E-state index is -0.273. The number of rotatable bonds is 5. The minimum absolute atomic E-state index is 0.273. The maximum Gasteiger partial charge on any atom is 0.0635 e. The van der Waals surface area contributed by atoms with Crippen LogP contribution in [-0.4, -0.2) is 0 Å². The van der Waals surface area contributed by atoms with E-state index >= 15 is 0 Å². The van der Waals surface area contributed by atoms with Crippen molar-refractivity contribution in [3.8, 4) is 0 Å². The highest BCUT2D eigenvalue weighted by atomic mass is 79.9. The average Bonchev–Trinajstić information content (AvgIpc) is 2.65. The Morgan fingerprint density at radius 2 is 0.957 bits per heavy atom. The van der Waals surface area contributed by atoms with Gasteiger partial charge >= 0.3 is 0 Å². The van der Waals surface area contributed by atoms with Crippen molar-refractivity contribution in [2.45, 2.75) is 5.41 Å². The molecular formula is C21H18BrP. The van der Waals surface area contributed by atoms with Crippen LogP contribution in [0.2, 0.25) is 0 Å². The first kappa shape index (κ1) is 16.2. The van der Waals surface area contributed by atoms with Gasteiger partial charge in [0.25, 0.3) is 0 Å². The summed E-state index contributed by atoms with van der Waals surface area (Å²) < 4.78 is 0. The first-order valence-corrected chi connectivity index (χ1v) is 10.9. The maximum absolute atomic E-state index is 3.56. The second-order valence-electron chi connectivity index (χ2n) is 5.35. The fourth-order valence-corrected chi connectivity index (χ4v) is 3.76. The minimum Gasteiger partial charge on any atom is -0.0642 e. The standard InChI is InChI=1S/C21H18BrP/c22-23-17-16-21(18-10-4-1-5-11-18,19-12-6-2-7-13-19)20-14-8-3-9-15-20/h1-17,23H. The predicted octanol–water partition coefficient (Wildman–Crippen LogP) is 6.52. The van der Waals surface area contributed by atoms with E-state index in [0.717, 1.165) is 0 Å². The van der Waals surface area contributed by atoms with Gasteiger partial charge in [0.05, 0.1) is 5.41 Å². The zero-order valence-electron chi connectivity index (χ0n) is 12.7. The van der Waals surface area contributed by atoms with Crippen molar-refractivity contribution in [2.24, 2.45) is 0 Å². The summed E-state index contributed by atoms with van der Waals surface area (Å²) >= 11 is 3.56. The molecule has 0 spiro atoms. The third-order valence-corrected chi connectivity index (χ3v) is 5.17. The molecule has 1 atom stereocenters. The van der Waals surface area contributed by atoms with Crippen molar-refractivity contribution < 1.29 is 0 Å².